The molecule has 14 nitrogen and oxygen atoms in total. The highest BCUT2D eigenvalue weighted by Gasteiger charge is 2.49. The summed E-state index contributed by atoms with van der Waals surface area (Å²) in [5, 5.41) is 17.4. The maximum absolute atomic E-state index is 14.5. The molecule has 1 unspecified atom stereocenters. The number of piperidine rings is 1. The lowest BCUT2D eigenvalue weighted by atomic mass is 9.73. The Balaban J connectivity index is 1.27. The molecule has 18 heteroatoms. The van der Waals surface area contributed by atoms with Crippen LogP contribution in [0.4, 0.5) is 18.9 Å². The molecule has 3 aliphatic rings. The van der Waals surface area contributed by atoms with Crippen LogP contribution in [0.1, 0.15) is 84.3 Å². The lowest BCUT2D eigenvalue weighted by molar-refractivity contribution is -0.137. The van der Waals surface area contributed by atoms with E-state index in [-0.39, 0.29) is 70.9 Å². The molecule has 0 saturated carbocycles. The zero-order valence-corrected chi connectivity index (χ0v) is 29.8. The average molecular weight is 754 g/mol. The minimum Gasteiger partial charge on any atom is -0.504 e. The zero-order chi connectivity index (χ0) is 38.0. The van der Waals surface area contributed by atoms with E-state index >= 15 is 0 Å². The number of hydrogen-bond donors (Lipinski definition) is 2. The number of benzene rings is 1. The first-order valence-corrected chi connectivity index (χ1v) is 17.4. The molecule has 2 N–H and O–H groups in total. The van der Waals surface area contributed by atoms with Gasteiger partial charge < -0.3 is 24.8 Å². The number of aromatic nitrogens is 6. The summed E-state index contributed by atoms with van der Waals surface area (Å²) < 4.78 is 42.6. The molecule has 7 rings (SSSR count). The van der Waals surface area contributed by atoms with Gasteiger partial charge in [0.15, 0.2) is 17.3 Å². The van der Waals surface area contributed by atoms with Gasteiger partial charge in [0.1, 0.15) is 12.9 Å². The number of halogens is 4. The zero-order valence-electron chi connectivity index (χ0n) is 29.0. The normalized spacial score (nSPS) is 18.3. The van der Waals surface area contributed by atoms with E-state index in [2.05, 4.69) is 20.4 Å². The van der Waals surface area contributed by atoms with Crippen molar-refractivity contribution in [2.75, 3.05) is 31.5 Å². The Morgan fingerprint density at radius 1 is 1.11 bits per heavy atom. The van der Waals surface area contributed by atoms with Crippen molar-refractivity contribution in [3.63, 3.8) is 0 Å². The standard InChI is InChI=1S/C35H35ClF3N9O5/c1-18-15-34(8-12-46(13-9-34)32(53)27-29(51)19(2)40-17-41-27)26-28(18)47(16-25(50)42-24-5-4-22(14-23(24)36)35(37,38)39)33-43-30(44-48(33)31(26)52)21-6-10-45(11-7-21)20(3)49/h4-6,14,17-18,51H,7-13,15-16H2,1-3H3,(H,42,50). The molecule has 4 aromatic rings. The third-order valence-corrected chi connectivity index (χ3v) is 10.8. The highest BCUT2D eigenvalue weighted by molar-refractivity contribution is 6.33. The SMILES string of the molecule is CC(=O)N1CC=C(c2nc3n(CC(=O)Nc4ccc(C(F)(F)F)cc4Cl)c4c(c(=O)n3n2)C2(CCN(C(=O)c3ncnc(C)c3O)CC2)CC4C)CC1. The van der Waals surface area contributed by atoms with Crippen molar-refractivity contribution in [1.29, 1.82) is 0 Å². The van der Waals surface area contributed by atoms with Crippen molar-refractivity contribution in [1.82, 2.24) is 38.9 Å². The molecule has 1 atom stereocenters. The summed E-state index contributed by atoms with van der Waals surface area (Å²) in [4.78, 5) is 69.4. The van der Waals surface area contributed by atoms with Gasteiger partial charge in [-0.1, -0.05) is 24.6 Å². The van der Waals surface area contributed by atoms with E-state index in [9.17, 15) is 37.5 Å². The van der Waals surface area contributed by atoms with Crippen LogP contribution < -0.4 is 10.9 Å². The number of nitrogens with one attached hydrogen (secondary N) is 1. The minimum absolute atomic E-state index is 0.0191. The molecule has 53 heavy (non-hydrogen) atoms. The molecule has 1 saturated heterocycles. The van der Waals surface area contributed by atoms with Crippen LogP contribution in [0, 0.1) is 6.92 Å². The molecule has 0 radical (unpaired) electrons. The number of aryl methyl sites for hydroxylation is 1. The van der Waals surface area contributed by atoms with Gasteiger partial charge >= 0.3 is 6.18 Å². The summed E-state index contributed by atoms with van der Waals surface area (Å²) in [6.07, 6.45) is 0.219. The first-order chi connectivity index (χ1) is 25.1. The largest absolute Gasteiger partial charge is 0.504 e. The van der Waals surface area contributed by atoms with Gasteiger partial charge in [-0.25, -0.2) is 9.97 Å². The fourth-order valence-electron chi connectivity index (χ4n) is 7.81. The van der Waals surface area contributed by atoms with Crippen molar-refractivity contribution in [2.24, 2.45) is 0 Å². The lowest BCUT2D eigenvalue weighted by Crippen LogP contribution is -2.46. The summed E-state index contributed by atoms with van der Waals surface area (Å²) >= 11 is 6.15. The van der Waals surface area contributed by atoms with Gasteiger partial charge in [0.25, 0.3) is 11.5 Å². The smallest absolute Gasteiger partial charge is 0.416 e. The first-order valence-electron chi connectivity index (χ1n) is 17.0. The van der Waals surface area contributed by atoms with E-state index in [0.717, 1.165) is 23.8 Å². The number of carbonyl (C=O) groups excluding carboxylic acids is 3. The summed E-state index contributed by atoms with van der Waals surface area (Å²) in [6.45, 7) is 5.95. The maximum atomic E-state index is 14.5. The van der Waals surface area contributed by atoms with Crippen LogP contribution in [0.25, 0.3) is 11.4 Å². The van der Waals surface area contributed by atoms with Gasteiger partial charge in [0.2, 0.25) is 17.6 Å². The molecule has 3 amide bonds. The van der Waals surface area contributed by atoms with E-state index in [1.807, 2.05) is 13.0 Å². The number of aromatic hydroxyl groups is 1. The Morgan fingerprint density at radius 3 is 2.49 bits per heavy atom. The topological polar surface area (TPSA) is 168 Å². The molecule has 2 aliphatic heterocycles. The molecule has 1 aromatic carbocycles. The number of carbonyl (C=O) groups is 3. The molecule has 1 aliphatic carbocycles. The second kappa shape index (κ2) is 13.3. The van der Waals surface area contributed by atoms with E-state index < -0.39 is 34.5 Å². The van der Waals surface area contributed by atoms with Crippen LogP contribution in [0.3, 0.4) is 0 Å². The fraction of sp³-hybridized carbons (Fsp3) is 0.429. The van der Waals surface area contributed by atoms with E-state index in [1.54, 1.807) is 21.3 Å². The number of fused-ring (bicyclic) bond motifs is 3. The maximum Gasteiger partial charge on any atom is 0.416 e. The Hall–Kier alpha value is -5.32. The summed E-state index contributed by atoms with van der Waals surface area (Å²) in [5.74, 6) is -1.29. The number of hydrogen-bond acceptors (Lipinski definition) is 9. The van der Waals surface area contributed by atoms with Gasteiger partial charge in [0, 0.05) is 49.8 Å². The van der Waals surface area contributed by atoms with Crippen LogP contribution in [0.5, 0.6) is 5.75 Å². The van der Waals surface area contributed by atoms with E-state index in [0.29, 0.717) is 50.0 Å². The van der Waals surface area contributed by atoms with Crippen molar-refractivity contribution < 1.29 is 32.7 Å². The average Bonchev–Trinajstić information content (AvgIpc) is 3.68. The molecular formula is C35H35ClF3N9O5. The predicted molar refractivity (Wildman–Crippen MR) is 185 cm³/mol. The van der Waals surface area contributed by atoms with Crippen molar-refractivity contribution in [3.05, 3.63) is 80.0 Å². The first kappa shape index (κ1) is 36.1. The number of anilines is 1. The van der Waals surface area contributed by atoms with Gasteiger partial charge in [-0.05, 0) is 62.3 Å². The van der Waals surface area contributed by atoms with Crippen molar-refractivity contribution in [2.45, 2.75) is 70.5 Å². The molecule has 3 aromatic heterocycles. The second-order valence-electron chi connectivity index (χ2n) is 13.8. The van der Waals surface area contributed by atoms with Crippen LogP contribution in [-0.2, 0) is 27.7 Å². The summed E-state index contributed by atoms with van der Waals surface area (Å²) in [7, 11) is 0. The molecule has 1 spiro atoms. The number of nitrogens with zero attached hydrogens (tertiary/aromatic N) is 8. The number of alkyl halides is 3. The Bertz CT molecular complexity index is 2280. The molecule has 278 valence electrons. The summed E-state index contributed by atoms with van der Waals surface area (Å²) in [5.41, 5.74) is -0.116. The van der Waals surface area contributed by atoms with Crippen LogP contribution in [0.15, 0.2) is 35.4 Å². The monoisotopic (exact) mass is 753 g/mol. The van der Waals surface area contributed by atoms with Gasteiger partial charge in [-0.3, -0.25) is 19.2 Å². The van der Waals surface area contributed by atoms with Gasteiger partial charge in [-0.15, -0.1) is 5.10 Å². The molecule has 0 bridgehead atoms. The van der Waals surface area contributed by atoms with Crippen molar-refractivity contribution >= 4 is 46.4 Å². The number of rotatable bonds is 5. The van der Waals surface area contributed by atoms with Gasteiger partial charge in [0.05, 0.1) is 22.0 Å². The Kier molecular flexibility index (Phi) is 9.03. The molecule has 5 heterocycles. The van der Waals surface area contributed by atoms with E-state index in [4.69, 9.17) is 16.6 Å². The highest BCUT2D eigenvalue weighted by atomic mass is 35.5. The highest BCUT2D eigenvalue weighted by Crippen LogP contribution is 2.50. The second-order valence-corrected chi connectivity index (χ2v) is 14.2. The lowest BCUT2D eigenvalue weighted by Gasteiger charge is -2.39. The van der Waals surface area contributed by atoms with Crippen LogP contribution in [-0.4, -0.2) is 87.9 Å². The minimum atomic E-state index is -4.62. The summed E-state index contributed by atoms with van der Waals surface area (Å²) in [6, 6.07) is 2.64. The quantitative estimate of drug-likeness (QED) is 0.302. The third-order valence-electron chi connectivity index (χ3n) is 10.5. The van der Waals surface area contributed by atoms with Crippen LogP contribution in [0.2, 0.25) is 5.02 Å². The Morgan fingerprint density at radius 2 is 1.85 bits per heavy atom. The molecular weight excluding hydrogens is 719 g/mol. The van der Waals surface area contributed by atoms with Crippen molar-refractivity contribution in [3.8, 4) is 5.75 Å². The molecule has 1 fully saturated rings. The number of likely N-dealkylation sites (tertiary alicyclic amines) is 1. The third kappa shape index (κ3) is 6.40. The fourth-order valence-corrected chi connectivity index (χ4v) is 8.04. The van der Waals surface area contributed by atoms with Crippen LogP contribution >= 0.6 is 11.6 Å². The predicted octanol–water partition coefficient (Wildman–Crippen LogP) is 4.32. The Labute approximate surface area is 305 Å². The van der Waals surface area contributed by atoms with Gasteiger partial charge in [-0.2, -0.15) is 22.7 Å². The number of amides is 3. The van der Waals surface area contributed by atoms with E-state index in [1.165, 1.54) is 17.8 Å².